The van der Waals surface area contributed by atoms with Gasteiger partial charge in [0.15, 0.2) is 5.76 Å². The number of alkyl halides is 3. The zero-order valence-corrected chi connectivity index (χ0v) is 23.0. The number of hydrogen-bond acceptors (Lipinski definition) is 5. The molecular formula is C25H24BrF3N4O4S. The molecule has 202 valence electrons. The molecule has 0 saturated heterocycles. The highest BCUT2D eigenvalue weighted by molar-refractivity contribution is 9.10. The Morgan fingerprint density at radius 3 is 2.55 bits per heavy atom. The van der Waals surface area contributed by atoms with Crippen LogP contribution in [-0.4, -0.2) is 36.4 Å². The average molecular weight is 613 g/mol. The molecule has 38 heavy (non-hydrogen) atoms. The fourth-order valence-electron chi connectivity index (χ4n) is 4.16. The van der Waals surface area contributed by atoms with Crippen LogP contribution in [0.3, 0.4) is 0 Å². The van der Waals surface area contributed by atoms with Crippen LogP contribution in [-0.2, 0) is 23.0 Å². The molecule has 4 rings (SSSR count). The largest absolute Gasteiger partial charge is 0.516 e. The molecule has 0 spiro atoms. The van der Waals surface area contributed by atoms with E-state index in [2.05, 4.69) is 26.2 Å². The maximum absolute atomic E-state index is 13.0. The van der Waals surface area contributed by atoms with Gasteiger partial charge in [0.1, 0.15) is 17.1 Å². The van der Waals surface area contributed by atoms with Crippen molar-refractivity contribution in [1.82, 2.24) is 14.9 Å². The second-order valence-corrected chi connectivity index (χ2v) is 11.0. The minimum atomic E-state index is -5.63. The number of sulfonamides is 1. The van der Waals surface area contributed by atoms with Crippen LogP contribution in [0.5, 0.6) is 0 Å². The molecule has 0 saturated carbocycles. The first-order valence-electron chi connectivity index (χ1n) is 11.6. The number of hydrogen-bond donors (Lipinski definition) is 2. The molecule has 0 aliphatic rings. The monoisotopic (exact) mass is 612 g/mol. The number of rotatable bonds is 8. The molecule has 2 aromatic heterocycles. The predicted octanol–water partition coefficient (Wildman–Crippen LogP) is 5.99. The number of imidazole rings is 1. The van der Waals surface area contributed by atoms with Gasteiger partial charge in [-0.05, 0) is 59.1 Å². The van der Waals surface area contributed by atoms with E-state index >= 15 is 0 Å². The third-order valence-electron chi connectivity index (χ3n) is 5.89. The number of aromatic nitrogens is 2. The molecule has 0 bridgehead atoms. The number of carbonyl (C=O) groups excluding carboxylic acids is 1. The summed E-state index contributed by atoms with van der Waals surface area (Å²) >= 11 is 3.48. The van der Waals surface area contributed by atoms with Crippen LogP contribution in [0.1, 0.15) is 40.9 Å². The summed E-state index contributed by atoms with van der Waals surface area (Å²) in [5.41, 5.74) is -3.27. The lowest BCUT2D eigenvalue weighted by atomic mass is 10.1. The molecule has 2 N–H and O–H groups in total. The van der Waals surface area contributed by atoms with Gasteiger partial charge in [-0.3, -0.25) is 9.52 Å². The lowest BCUT2D eigenvalue weighted by molar-refractivity contribution is -0.0429. The molecule has 0 fully saturated rings. The highest BCUT2D eigenvalue weighted by Gasteiger charge is 2.46. The first kappa shape index (κ1) is 27.7. The van der Waals surface area contributed by atoms with Crippen molar-refractivity contribution < 1.29 is 30.8 Å². The lowest BCUT2D eigenvalue weighted by Crippen LogP contribution is -2.30. The maximum Gasteiger partial charge on any atom is 0.516 e. The van der Waals surface area contributed by atoms with Crippen LogP contribution in [0.4, 0.5) is 18.9 Å². The summed E-state index contributed by atoms with van der Waals surface area (Å²) in [7, 11) is -4.08. The number of nitrogens with zero attached hydrogens (tertiary/aromatic N) is 2. The SMILES string of the molecule is CCCc1nc(C)c(C(=O)NC)n1Cc1ccc2oc(-c3ccccc3NS(=O)(=O)C(F)(F)F)c(Br)c2c1. The fourth-order valence-corrected chi connectivity index (χ4v) is 5.35. The van der Waals surface area contributed by atoms with Crippen molar-refractivity contribution >= 4 is 48.5 Å². The third kappa shape index (κ3) is 5.17. The van der Waals surface area contributed by atoms with Gasteiger partial charge in [0.05, 0.1) is 15.9 Å². The number of furan rings is 1. The van der Waals surface area contributed by atoms with Gasteiger partial charge in [-0.25, -0.2) is 4.98 Å². The number of fused-ring (bicyclic) bond motifs is 1. The van der Waals surface area contributed by atoms with Gasteiger partial charge < -0.3 is 14.3 Å². The normalized spacial score (nSPS) is 12.2. The van der Waals surface area contributed by atoms with Crippen LogP contribution in [0.25, 0.3) is 22.3 Å². The van der Waals surface area contributed by atoms with E-state index in [0.29, 0.717) is 39.8 Å². The summed E-state index contributed by atoms with van der Waals surface area (Å²) in [6.07, 6.45) is 1.53. The summed E-state index contributed by atoms with van der Waals surface area (Å²) in [6.45, 7) is 4.16. The maximum atomic E-state index is 13.0. The highest BCUT2D eigenvalue weighted by Crippen LogP contribution is 2.42. The number of anilines is 1. The molecule has 4 aromatic rings. The molecule has 0 aliphatic heterocycles. The Morgan fingerprint density at radius 1 is 1.18 bits per heavy atom. The van der Waals surface area contributed by atoms with E-state index in [4.69, 9.17) is 4.42 Å². The van der Waals surface area contributed by atoms with Crippen LogP contribution >= 0.6 is 15.9 Å². The zero-order valence-electron chi connectivity index (χ0n) is 20.6. The van der Waals surface area contributed by atoms with E-state index in [1.54, 1.807) is 30.8 Å². The molecule has 0 atom stereocenters. The quantitative estimate of drug-likeness (QED) is 0.254. The van der Waals surface area contributed by atoms with Crippen LogP contribution in [0.15, 0.2) is 51.4 Å². The van der Waals surface area contributed by atoms with E-state index in [0.717, 1.165) is 17.8 Å². The van der Waals surface area contributed by atoms with Crippen molar-refractivity contribution in [2.24, 2.45) is 0 Å². The molecule has 1 amide bonds. The summed E-state index contributed by atoms with van der Waals surface area (Å²) in [6, 6.07) is 11.0. The summed E-state index contributed by atoms with van der Waals surface area (Å²) in [5, 5.41) is 3.28. The van der Waals surface area contributed by atoms with Crippen molar-refractivity contribution in [2.75, 3.05) is 11.8 Å². The number of nitrogens with one attached hydrogen (secondary N) is 2. The number of halogens is 4. The minimum absolute atomic E-state index is 0.127. The van der Waals surface area contributed by atoms with Gasteiger partial charge in [-0.15, -0.1) is 0 Å². The van der Waals surface area contributed by atoms with Gasteiger partial charge in [-0.2, -0.15) is 21.6 Å². The van der Waals surface area contributed by atoms with Crippen LogP contribution in [0, 0.1) is 6.92 Å². The molecule has 0 radical (unpaired) electrons. The predicted molar refractivity (Wildman–Crippen MR) is 141 cm³/mol. The number of para-hydroxylation sites is 1. The summed E-state index contributed by atoms with van der Waals surface area (Å²) < 4.78 is 72.3. The summed E-state index contributed by atoms with van der Waals surface area (Å²) in [5.74, 6) is 0.693. The van der Waals surface area contributed by atoms with Gasteiger partial charge in [0.25, 0.3) is 5.91 Å². The fraction of sp³-hybridized carbons (Fsp3) is 0.280. The second kappa shape index (κ2) is 10.4. The molecule has 0 aliphatic carbocycles. The summed E-state index contributed by atoms with van der Waals surface area (Å²) in [4.78, 5) is 17.2. The van der Waals surface area contributed by atoms with Gasteiger partial charge in [0.2, 0.25) is 0 Å². The van der Waals surface area contributed by atoms with E-state index in [1.165, 1.54) is 18.2 Å². The van der Waals surface area contributed by atoms with E-state index in [9.17, 15) is 26.4 Å². The molecule has 8 nitrogen and oxygen atoms in total. The molecule has 13 heteroatoms. The first-order chi connectivity index (χ1) is 17.9. The van der Waals surface area contributed by atoms with Crippen molar-refractivity contribution in [3.05, 3.63) is 69.7 Å². The van der Waals surface area contributed by atoms with Gasteiger partial charge >= 0.3 is 15.5 Å². The van der Waals surface area contributed by atoms with E-state index < -0.39 is 15.5 Å². The van der Waals surface area contributed by atoms with Crippen molar-refractivity contribution in [2.45, 2.75) is 38.7 Å². The first-order valence-corrected chi connectivity index (χ1v) is 13.8. The molecular weight excluding hydrogens is 589 g/mol. The Balaban J connectivity index is 1.77. The Bertz CT molecular complexity index is 1630. The molecule has 2 aromatic carbocycles. The number of carbonyl (C=O) groups is 1. The van der Waals surface area contributed by atoms with Crippen molar-refractivity contribution in [3.8, 4) is 11.3 Å². The van der Waals surface area contributed by atoms with Gasteiger partial charge in [-0.1, -0.05) is 25.1 Å². The topological polar surface area (TPSA) is 106 Å². The Labute approximate surface area is 225 Å². The van der Waals surface area contributed by atoms with Gasteiger partial charge in [0, 0.05) is 31.0 Å². The van der Waals surface area contributed by atoms with Crippen LogP contribution in [0.2, 0.25) is 0 Å². The average Bonchev–Trinajstić information content (AvgIpc) is 3.34. The number of aryl methyl sites for hydroxylation is 2. The minimum Gasteiger partial charge on any atom is -0.455 e. The second-order valence-electron chi connectivity index (χ2n) is 8.55. The highest BCUT2D eigenvalue weighted by atomic mass is 79.9. The smallest absolute Gasteiger partial charge is 0.455 e. The molecule has 0 unspecified atom stereocenters. The Hall–Kier alpha value is -3.32. The third-order valence-corrected chi connectivity index (χ3v) is 7.78. The van der Waals surface area contributed by atoms with Crippen molar-refractivity contribution in [3.63, 3.8) is 0 Å². The Kier molecular flexibility index (Phi) is 7.62. The van der Waals surface area contributed by atoms with E-state index in [-0.39, 0.29) is 22.9 Å². The zero-order chi connectivity index (χ0) is 27.8. The number of amides is 1. The number of benzene rings is 2. The van der Waals surface area contributed by atoms with Crippen LogP contribution < -0.4 is 10.0 Å². The Morgan fingerprint density at radius 2 is 1.89 bits per heavy atom. The molecule has 2 heterocycles. The van der Waals surface area contributed by atoms with E-state index in [1.807, 2.05) is 23.6 Å². The standard InChI is InChI=1S/C25H24BrF3N4O4S/c1-4-7-20-31-14(2)22(24(34)30-3)33(20)13-15-10-11-19-17(12-15)21(26)23(37-19)16-8-5-6-9-18(16)32-38(35,36)25(27,28)29/h5-6,8-12,32H,4,7,13H2,1-3H3,(H,30,34). The van der Waals surface area contributed by atoms with Crippen molar-refractivity contribution in [1.29, 1.82) is 0 Å². The lowest BCUT2D eigenvalue weighted by Gasteiger charge is -2.13.